The van der Waals surface area contributed by atoms with E-state index in [0.717, 1.165) is 31.5 Å². The zero-order chi connectivity index (χ0) is 13.2. The fourth-order valence-electron chi connectivity index (χ4n) is 2.17. The summed E-state index contributed by atoms with van der Waals surface area (Å²) in [5, 5.41) is 3.57. The van der Waals surface area contributed by atoms with Crippen molar-refractivity contribution in [2.24, 2.45) is 0 Å². The number of rotatable bonds is 2. The second-order valence-electron chi connectivity index (χ2n) is 4.26. The lowest BCUT2D eigenvalue weighted by molar-refractivity contribution is -0.274. The van der Waals surface area contributed by atoms with Crippen molar-refractivity contribution in [2.45, 2.75) is 25.1 Å². The van der Waals surface area contributed by atoms with Gasteiger partial charge in [0.25, 0.3) is 0 Å². The number of hydrogen-bond donors (Lipinski definition) is 1. The first-order valence-corrected chi connectivity index (χ1v) is 6.09. The van der Waals surface area contributed by atoms with Gasteiger partial charge in [-0.2, -0.15) is 0 Å². The molecule has 1 N–H and O–H groups in total. The summed E-state index contributed by atoms with van der Waals surface area (Å²) in [5.74, 6) is 0.0314. The van der Waals surface area contributed by atoms with Gasteiger partial charge in [0.15, 0.2) is 0 Å². The standard InChI is InChI=1S/C12H13ClF3NO.ClH/c13-11-7-9(18-12(14,15)16)1-2-10(11)8-3-5-17-6-4-8;/h1-2,7-8,17H,3-6H2;1H. The van der Waals surface area contributed by atoms with Gasteiger partial charge < -0.3 is 10.1 Å². The second kappa shape index (κ2) is 6.68. The second-order valence-corrected chi connectivity index (χ2v) is 4.66. The van der Waals surface area contributed by atoms with Crippen molar-refractivity contribution in [3.05, 3.63) is 28.8 Å². The Morgan fingerprint density at radius 3 is 2.37 bits per heavy atom. The van der Waals surface area contributed by atoms with E-state index in [4.69, 9.17) is 11.6 Å². The summed E-state index contributed by atoms with van der Waals surface area (Å²) in [4.78, 5) is 0. The van der Waals surface area contributed by atoms with Crippen LogP contribution in [0.15, 0.2) is 18.2 Å². The monoisotopic (exact) mass is 315 g/mol. The maximum atomic E-state index is 12.1. The number of ether oxygens (including phenoxy) is 1. The Kier molecular flexibility index (Phi) is 5.77. The van der Waals surface area contributed by atoms with Gasteiger partial charge in [-0.05, 0) is 49.5 Å². The van der Waals surface area contributed by atoms with E-state index in [-0.39, 0.29) is 18.2 Å². The van der Waals surface area contributed by atoms with Crippen LogP contribution in [0.5, 0.6) is 5.75 Å². The lowest BCUT2D eigenvalue weighted by Crippen LogP contribution is -2.26. The third-order valence-corrected chi connectivity index (χ3v) is 3.31. The van der Waals surface area contributed by atoms with Crippen LogP contribution in [-0.2, 0) is 0 Å². The Hall–Kier alpha value is -0.650. The minimum atomic E-state index is -4.68. The molecule has 0 atom stereocenters. The van der Waals surface area contributed by atoms with Gasteiger partial charge in [-0.1, -0.05) is 17.7 Å². The molecule has 0 bridgehead atoms. The number of halogens is 5. The van der Waals surface area contributed by atoms with Gasteiger partial charge in [-0.25, -0.2) is 0 Å². The van der Waals surface area contributed by atoms with Gasteiger partial charge in [0.1, 0.15) is 5.75 Å². The molecule has 0 radical (unpaired) electrons. The predicted octanol–water partition coefficient (Wildman–Crippen LogP) is 4.13. The zero-order valence-electron chi connectivity index (χ0n) is 9.97. The highest BCUT2D eigenvalue weighted by Gasteiger charge is 2.31. The maximum absolute atomic E-state index is 12.1. The molecule has 2 nitrogen and oxygen atoms in total. The minimum Gasteiger partial charge on any atom is -0.406 e. The molecule has 0 unspecified atom stereocenters. The van der Waals surface area contributed by atoms with Crippen LogP contribution in [0, 0.1) is 0 Å². The maximum Gasteiger partial charge on any atom is 0.573 e. The molecule has 1 aliphatic heterocycles. The molecule has 0 saturated carbocycles. The summed E-state index contributed by atoms with van der Waals surface area (Å²) >= 11 is 6.02. The van der Waals surface area contributed by atoms with Crippen LogP contribution in [0.25, 0.3) is 0 Å². The number of piperidine rings is 1. The zero-order valence-corrected chi connectivity index (χ0v) is 11.5. The quantitative estimate of drug-likeness (QED) is 0.886. The number of nitrogens with one attached hydrogen (secondary N) is 1. The Balaban J connectivity index is 0.00000180. The van der Waals surface area contributed by atoms with Crippen molar-refractivity contribution in [1.82, 2.24) is 5.32 Å². The number of hydrogen-bond acceptors (Lipinski definition) is 2. The van der Waals surface area contributed by atoms with E-state index < -0.39 is 6.36 Å². The van der Waals surface area contributed by atoms with E-state index in [1.807, 2.05) is 0 Å². The van der Waals surface area contributed by atoms with E-state index in [1.165, 1.54) is 12.1 Å². The Labute approximate surface area is 120 Å². The van der Waals surface area contributed by atoms with Gasteiger partial charge in [-0.3, -0.25) is 0 Å². The first-order valence-electron chi connectivity index (χ1n) is 5.71. The molecule has 1 aliphatic rings. The van der Waals surface area contributed by atoms with Crippen LogP contribution in [0.3, 0.4) is 0 Å². The average Bonchev–Trinajstić information content (AvgIpc) is 2.28. The molecule has 0 amide bonds. The van der Waals surface area contributed by atoms with Gasteiger partial charge in [0, 0.05) is 5.02 Å². The Morgan fingerprint density at radius 2 is 1.84 bits per heavy atom. The summed E-state index contributed by atoms with van der Waals surface area (Å²) in [7, 11) is 0. The first kappa shape index (κ1) is 16.4. The fourth-order valence-corrected chi connectivity index (χ4v) is 2.49. The van der Waals surface area contributed by atoms with E-state index in [1.54, 1.807) is 6.07 Å². The number of benzene rings is 1. The molecule has 19 heavy (non-hydrogen) atoms. The normalized spacial score (nSPS) is 16.8. The van der Waals surface area contributed by atoms with E-state index >= 15 is 0 Å². The summed E-state index contributed by atoms with van der Waals surface area (Å²) in [6.07, 6.45) is -2.79. The summed E-state index contributed by atoms with van der Waals surface area (Å²) in [6.45, 7) is 1.81. The number of alkyl halides is 3. The van der Waals surface area contributed by atoms with Crippen molar-refractivity contribution >= 4 is 24.0 Å². The van der Waals surface area contributed by atoms with E-state index in [9.17, 15) is 13.2 Å². The summed E-state index contributed by atoms with van der Waals surface area (Å²) < 4.78 is 40.0. The van der Waals surface area contributed by atoms with Gasteiger partial charge in [0.2, 0.25) is 0 Å². The van der Waals surface area contributed by atoms with Gasteiger partial charge in [-0.15, -0.1) is 25.6 Å². The lowest BCUT2D eigenvalue weighted by Gasteiger charge is -2.24. The minimum absolute atomic E-state index is 0. The average molecular weight is 316 g/mol. The van der Waals surface area contributed by atoms with Crippen LogP contribution in [0.1, 0.15) is 24.3 Å². The molecule has 2 rings (SSSR count). The third kappa shape index (κ3) is 4.75. The SMILES string of the molecule is Cl.FC(F)(F)Oc1ccc(C2CCNCC2)c(Cl)c1. The summed E-state index contributed by atoms with van der Waals surface area (Å²) in [6, 6.07) is 4.17. The van der Waals surface area contributed by atoms with Gasteiger partial charge >= 0.3 is 6.36 Å². The van der Waals surface area contributed by atoms with Crippen molar-refractivity contribution in [3.8, 4) is 5.75 Å². The third-order valence-electron chi connectivity index (χ3n) is 2.98. The van der Waals surface area contributed by atoms with E-state index in [2.05, 4.69) is 10.1 Å². The Morgan fingerprint density at radius 1 is 1.21 bits per heavy atom. The van der Waals surface area contributed by atoms with Crippen molar-refractivity contribution in [2.75, 3.05) is 13.1 Å². The molecular formula is C12H14Cl2F3NO. The highest BCUT2D eigenvalue weighted by molar-refractivity contribution is 6.31. The molecular weight excluding hydrogens is 302 g/mol. The molecule has 0 spiro atoms. The van der Waals surface area contributed by atoms with Crippen molar-refractivity contribution < 1.29 is 17.9 Å². The van der Waals surface area contributed by atoms with Crippen LogP contribution in [-0.4, -0.2) is 19.5 Å². The lowest BCUT2D eigenvalue weighted by atomic mass is 9.90. The summed E-state index contributed by atoms with van der Waals surface area (Å²) in [5.41, 5.74) is 0.896. The largest absolute Gasteiger partial charge is 0.573 e. The highest BCUT2D eigenvalue weighted by atomic mass is 35.5. The van der Waals surface area contributed by atoms with Crippen molar-refractivity contribution in [1.29, 1.82) is 0 Å². The molecule has 108 valence electrons. The van der Waals surface area contributed by atoms with Crippen LogP contribution in [0.4, 0.5) is 13.2 Å². The molecule has 7 heteroatoms. The van der Waals surface area contributed by atoms with E-state index in [0.29, 0.717) is 10.9 Å². The van der Waals surface area contributed by atoms with Crippen LogP contribution < -0.4 is 10.1 Å². The fraction of sp³-hybridized carbons (Fsp3) is 0.500. The smallest absolute Gasteiger partial charge is 0.406 e. The predicted molar refractivity (Wildman–Crippen MR) is 70.2 cm³/mol. The van der Waals surface area contributed by atoms with Crippen molar-refractivity contribution in [3.63, 3.8) is 0 Å². The van der Waals surface area contributed by atoms with Crippen LogP contribution >= 0.6 is 24.0 Å². The first-order chi connectivity index (χ1) is 8.46. The molecule has 1 aromatic rings. The molecule has 0 aromatic heterocycles. The molecule has 1 saturated heterocycles. The molecule has 1 fully saturated rings. The van der Waals surface area contributed by atoms with Gasteiger partial charge in [0.05, 0.1) is 0 Å². The highest BCUT2D eigenvalue weighted by Crippen LogP contribution is 2.34. The van der Waals surface area contributed by atoms with Crippen LogP contribution in [0.2, 0.25) is 5.02 Å². The molecule has 1 aromatic carbocycles. The topological polar surface area (TPSA) is 21.3 Å². The Bertz CT molecular complexity index is 420. The molecule has 1 heterocycles. The molecule has 0 aliphatic carbocycles.